The van der Waals surface area contributed by atoms with E-state index in [1.165, 1.54) is 35.2 Å². The summed E-state index contributed by atoms with van der Waals surface area (Å²) in [6.07, 6.45) is 0.992. The first-order chi connectivity index (χ1) is 19.5. The molecule has 3 aromatic carbocycles. The largest absolute Gasteiger partial charge is 0.352 e. The minimum absolute atomic E-state index is 0.0376. The quantitative estimate of drug-likeness (QED) is 0.228. The number of benzene rings is 3. The average molecular weight is 581 g/mol. The van der Waals surface area contributed by atoms with Crippen molar-refractivity contribution < 1.29 is 22.9 Å². The summed E-state index contributed by atoms with van der Waals surface area (Å²) in [7, 11) is -4.32. The van der Waals surface area contributed by atoms with Gasteiger partial charge in [-0.25, -0.2) is 8.42 Å². The van der Waals surface area contributed by atoms with Gasteiger partial charge in [0, 0.05) is 24.7 Å². The van der Waals surface area contributed by atoms with Crippen LogP contribution in [0, 0.1) is 17.0 Å². The smallest absolute Gasteiger partial charge is 0.271 e. The van der Waals surface area contributed by atoms with Gasteiger partial charge >= 0.3 is 0 Å². The molecule has 0 radical (unpaired) electrons. The van der Waals surface area contributed by atoms with Crippen LogP contribution in [0.5, 0.6) is 0 Å². The third-order valence-electron chi connectivity index (χ3n) is 6.93. The molecular formula is C30H36N4O6S. The fourth-order valence-electron chi connectivity index (χ4n) is 4.34. The molecule has 10 nitrogen and oxygen atoms in total. The zero-order valence-corrected chi connectivity index (χ0v) is 24.5. The van der Waals surface area contributed by atoms with Gasteiger partial charge in [-0.2, -0.15) is 0 Å². The van der Waals surface area contributed by atoms with Gasteiger partial charge in [0.15, 0.2) is 0 Å². The van der Waals surface area contributed by atoms with Crippen molar-refractivity contribution >= 4 is 33.2 Å². The number of aryl methyl sites for hydroxylation is 1. The first-order valence-electron chi connectivity index (χ1n) is 13.5. The summed E-state index contributed by atoms with van der Waals surface area (Å²) in [5.74, 6) is -0.956. The fraction of sp³-hybridized carbons (Fsp3) is 0.333. The Bertz CT molecular complexity index is 1480. The van der Waals surface area contributed by atoms with Crippen molar-refractivity contribution in [3.63, 3.8) is 0 Å². The predicted molar refractivity (Wildman–Crippen MR) is 158 cm³/mol. The SMILES string of the molecule is CC[C@@H](C)NC(=O)[C@@H](CC)N(Cc1ccccc1C)C(=O)CN(c1cccc([N+](=O)[O-])c1)S(=O)(=O)c1ccccc1. The maximum Gasteiger partial charge on any atom is 0.271 e. The Kier molecular flexibility index (Phi) is 10.6. The van der Waals surface area contributed by atoms with Crippen LogP contribution in [0.15, 0.2) is 83.8 Å². The summed E-state index contributed by atoms with van der Waals surface area (Å²) in [4.78, 5) is 39.6. The molecule has 3 rings (SSSR count). The number of carbonyl (C=O) groups is 2. The highest BCUT2D eigenvalue weighted by Gasteiger charge is 2.34. The van der Waals surface area contributed by atoms with Crippen LogP contribution in [-0.2, 0) is 26.2 Å². The van der Waals surface area contributed by atoms with Crippen LogP contribution < -0.4 is 9.62 Å². The van der Waals surface area contributed by atoms with Crippen LogP contribution in [0.4, 0.5) is 11.4 Å². The van der Waals surface area contributed by atoms with Crippen molar-refractivity contribution in [2.24, 2.45) is 0 Å². The number of rotatable bonds is 13. The Morgan fingerprint density at radius 2 is 1.61 bits per heavy atom. The van der Waals surface area contributed by atoms with E-state index in [0.29, 0.717) is 12.8 Å². The lowest BCUT2D eigenvalue weighted by Gasteiger charge is -2.34. The molecule has 0 saturated carbocycles. The molecule has 0 fully saturated rings. The third-order valence-corrected chi connectivity index (χ3v) is 8.72. The first kappa shape index (κ1) is 31.3. The number of non-ortho nitro benzene ring substituents is 1. The first-order valence-corrected chi connectivity index (χ1v) is 14.9. The lowest BCUT2D eigenvalue weighted by atomic mass is 10.1. The summed E-state index contributed by atoms with van der Waals surface area (Å²) in [5.41, 5.74) is 1.36. The van der Waals surface area contributed by atoms with Crippen molar-refractivity contribution in [3.05, 3.63) is 100 Å². The Balaban J connectivity index is 2.10. The normalized spacial score (nSPS) is 12.7. The number of nitrogens with one attached hydrogen (secondary N) is 1. The Hall–Kier alpha value is -4.25. The fourth-order valence-corrected chi connectivity index (χ4v) is 5.77. The van der Waals surface area contributed by atoms with E-state index in [0.717, 1.165) is 21.5 Å². The number of sulfonamides is 1. The van der Waals surface area contributed by atoms with Gasteiger partial charge in [0.1, 0.15) is 12.6 Å². The Morgan fingerprint density at radius 1 is 0.951 bits per heavy atom. The molecule has 2 atom stereocenters. The van der Waals surface area contributed by atoms with Gasteiger partial charge < -0.3 is 10.2 Å². The number of anilines is 1. The van der Waals surface area contributed by atoms with Gasteiger partial charge in [-0.15, -0.1) is 0 Å². The number of nitro benzene ring substituents is 1. The molecular weight excluding hydrogens is 544 g/mol. The number of nitro groups is 1. The van der Waals surface area contributed by atoms with Crippen molar-refractivity contribution in [3.8, 4) is 0 Å². The lowest BCUT2D eigenvalue weighted by Crippen LogP contribution is -2.53. The standard InChI is InChI=1S/C30H36N4O6S/c1-5-23(4)31-30(36)28(6-2)32(20-24-14-11-10-13-22(24)3)29(35)21-33(25-15-12-16-26(19-25)34(37)38)41(39,40)27-17-8-7-9-18-27/h7-19,23,28H,5-6,20-21H2,1-4H3,(H,31,36)/t23-,28-/m1/s1. The highest BCUT2D eigenvalue weighted by atomic mass is 32.2. The zero-order chi connectivity index (χ0) is 30.2. The molecule has 0 aliphatic carbocycles. The van der Waals surface area contributed by atoms with Gasteiger partial charge in [-0.1, -0.05) is 62.4 Å². The van der Waals surface area contributed by atoms with Gasteiger partial charge in [0.2, 0.25) is 11.8 Å². The second-order valence-electron chi connectivity index (χ2n) is 9.79. The second-order valence-corrected chi connectivity index (χ2v) is 11.7. The molecule has 1 N–H and O–H groups in total. The molecule has 0 heterocycles. The molecule has 0 spiro atoms. The maximum atomic E-state index is 14.1. The Morgan fingerprint density at radius 3 is 2.22 bits per heavy atom. The average Bonchev–Trinajstić information content (AvgIpc) is 2.96. The number of nitrogens with zero attached hydrogens (tertiary/aromatic N) is 3. The van der Waals surface area contributed by atoms with E-state index in [2.05, 4.69) is 5.32 Å². The molecule has 0 aromatic heterocycles. The summed E-state index contributed by atoms with van der Waals surface area (Å²) < 4.78 is 28.6. The van der Waals surface area contributed by atoms with Crippen LogP contribution >= 0.6 is 0 Å². The summed E-state index contributed by atoms with van der Waals surface area (Å²) in [6.45, 7) is 6.90. The van der Waals surface area contributed by atoms with E-state index in [4.69, 9.17) is 0 Å². The van der Waals surface area contributed by atoms with Gasteiger partial charge in [0.05, 0.1) is 15.5 Å². The Labute approximate surface area is 241 Å². The summed E-state index contributed by atoms with van der Waals surface area (Å²) >= 11 is 0. The number of amides is 2. The molecule has 0 aliphatic heterocycles. The van der Waals surface area contributed by atoms with E-state index in [9.17, 15) is 28.1 Å². The molecule has 0 unspecified atom stereocenters. The van der Waals surface area contributed by atoms with E-state index < -0.39 is 33.4 Å². The zero-order valence-electron chi connectivity index (χ0n) is 23.7. The van der Waals surface area contributed by atoms with Crippen molar-refractivity contribution in [1.82, 2.24) is 10.2 Å². The minimum atomic E-state index is -4.32. The molecule has 2 amide bonds. The van der Waals surface area contributed by atoms with E-state index in [1.807, 2.05) is 45.0 Å². The van der Waals surface area contributed by atoms with Crippen LogP contribution in [0.1, 0.15) is 44.7 Å². The molecule has 41 heavy (non-hydrogen) atoms. The predicted octanol–water partition coefficient (Wildman–Crippen LogP) is 4.82. The molecule has 0 aliphatic rings. The lowest BCUT2D eigenvalue weighted by molar-refractivity contribution is -0.384. The highest BCUT2D eigenvalue weighted by Crippen LogP contribution is 2.28. The molecule has 0 saturated heterocycles. The summed E-state index contributed by atoms with van der Waals surface area (Å²) in [5, 5.41) is 14.4. The minimum Gasteiger partial charge on any atom is -0.352 e. The van der Waals surface area contributed by atoms with Crippen LogP contribution in [0.25, 0.3) is 0 Å². The topological polar surface area (TPSA) is 130 Å². The second kappa shape index (κ2) is 13.9. The third kappa shape index (κ3) is 7.69. The molecule has 11 heteroatoms. The number of hydrogen-bond acceptors (Lipinski definition) is 6. The van der Waals surface area contributed by atoms with Gasteiger partial charge in [-0.3, -0.25) is 24.0 Å². The highest BCUT2D eigenvalue weighted by molar-refractivity contribution is 7.92. The van der Waals surface area contributed by atoms with Crippen LogP contribution in [0.2, 0.25) is 0 Å². The maximum absolute atomic E-state index is 14.1. The van der Waals surface area contributed by atoms with Crippen LogP contribution in [0.3, 0.4) is 0 Å². The van der Waals surface area contributed by atoms with E-state index >= 15 is 0 Å². The van der Waals surface area contributed by atoms with Crippen molar-refractivity contribution in [2.75, 3.05) is 10.8 Å². The van der Waals surface area contributed by atoms with Crippen molar-refractivity contribution in [1.29, 1.82) is 0 Å². The number of carbonyl (C=O) groups excluding carboxylic acids is 2. The van der Waals surface area contributed by atoms with Gasteiger partial charge in [0.25, 0.3) is 15.7 Å². The van der Waals surface area contributed by atoms with Gasteiger partial charge in [-0.05, 0) is 56.0 Å². The van der Waals surface area contributed by atoms with Crippen molar-refractivity contribution in [2.45, 2.75) is 64.1 Å². The van der Waals surface area contributed by atoms with E-state index in [1.54, 1.807) is 25.1 Å². The summed E-state index contributed by atoms with van der Waals surface area (Å²) in [6, 6.07) is 19.1. The monoisotopic (exact) mass is 580 g/mol. The van der Waals surface area contributed by atoms with E-state index in [-0.39, 0.29) is 34.8 Å². The number of hydrogen-bond donors (Lipinski definition) is 1. The molecule has 218 valence electrons. The molecule has 3 aromatic rings. The molecule has 0 bridgehead atoms. The van der Waals surface area contributed by atoms with Crippen LogP contribution in [-0.4, -0.2) is 48.7 Å².